The highest BCUT2D eigenvalue weighted by Crippen LogP contribution is 2.30. The molecule has 0 spiro atoms. The van der Waals surface area contributed by atoms with Gasteiger partial charge in [0, 0.05) is 29.7 Å². The normalized spacial score (nSPS) is 10.9. The van der Waals surface area contributed by atoms with E-state index >= 15 is 0 Å². The van der Waals surface area contributed by atoms with Gasteiger partial charge in [-0.25, -0.2) is 4.98 Å². The molecule has 4 aromatic rings. The first-order valence-corrected chi connectivity index (χ1v) is 9.51. The second kappa shape index (κ2) is 8.23. The summed E-state index contributed by atoms with van der Waals surface area (Å²) in [5.41, 5.74) is 4.18. The van der Waals surface area contributed by atoms with Gasteiger partial charge in [-0.3, -0.25) is 9.78 Å². The summed E-state index contributed by atoms with van der Waals surface area (Å²) >= 11 is 5.82. The Balaban J connectivity index is 1.48. The molecule has 3 heterocycles. The van der Waals surface area contributed by atoms with Gasteiger partial charge >= 0.3 is 0 Å². The maximum Gasteiger partial charge on any atom is 0.225 e. The lowest BCUT2D eigenvalue weighted by molar-refractivity contribution is -0.116. The third-order valence-electron chi connectivity index (χ3n) is 4.56. The molecule has 0 aliphatic rings. The van der Waals surface area contributed by atoms with E-state index in [4.69, 9.17) is 11.6 Å². The molecule has 0 saturated heterocycles. The molecule has 5 nitrogen and oxygen atoms in total. The Kier molecular flexibility index (Phi) is 5.35. The van der Waals surface area contributed by atoms with Gasteiger partial charge in [0.05, 0.1) is 16.4 Å². The van der Waals surface area contributed by atoms with Crippen molar-refractivity contribution < 1.29 is 4.79 Å². The number of aromatic amines is 1. The molecule has 4 rings (SSSR count). The number of nitrogens with zero attached hydrogens (tertiary/aromatic N) is 2. The molecule has 0 fully saturated rings. The summed E-state index contributed by atoms with van der Waals surface area (Å²) in [7, 11) is 0. The summed E-state index contributed by atoms with van der Waals surface area (Å²) in [6, 6.07) is 17.5. The van der Waals surface area contributed by atoms with E-state index in [9.17, 15) is 4.79 Å². The van der Waals surface area contributed by atoms with Gasteiger partial charge in [0.15, 0.2) is 0 Å². The highest BCUT2D eigenvalue weighted by Gasteiger charge is 2.14. The molecule has 0 saturated carbocycles. The van der Waals surface area contributed by atoms with Gasteiger partial charge in [-0.15, -0.1) is 0 Å². The van der Waals surface area contributed by atoms with Gasteiger partial charge in [0.25, 0.3) is 0 Å². The quantitative estimate of drug-likeness (QED) is 0.473. The van der Waals surface area contributed by atoms with Gasteiger partial charge in [-0.2, -0.15) is 0 Å². The SMILES string of the molecule is O=C(CCCc1c(-c2ccccn2)[nH]c2ccccc12)Nc1ccc(Cl)cn1. The third-order valence-corrected chi connectivity index (χ3v) is 4.78. The van der Waals surface area contributed by atoms with Gasteiger partial charge in [0.2, 0.25) is 5.91 Å². The zero-order valence-electron chi connectivity index (χ0n) is 15.2. The van der Waals surface area contributed by atoms with Crippen LogP contribution in [0.2, 0.25) is 5.02 Å². The van der Waals surface area contributed by atoms with E-state index in [-0.39, 0.29) is 5.91 Å². The van der Waals surface area contributed by atoms with E-state index in [0.29, 0.717) is 17.3 Å². The van der Waals surface area contributed by atoms with Gasteiger partial charge in [-0.1, -0.05) is 35.9 Å². The van der Waals surface area contributed by atoms with Crippen molar-refractivity contribution in [3.05, 3.63) is 77.6 Å². The average Bonchev–Trinajstić information content (AvgIpc) is 3.09. The second-order valence-corrected chi connectivity index (χ2v) is 6.94. The number of halogens is 1. The lowest BCUT2D eigenvalue weighted by Crippen LogP contribution is -2.12. The summed E-state index contributed by atoms with van der Waals surface area (Å²) in [4.78, 5) is 24.3. The van der Waals surface area contributed by atoms with Crippen LogP contribution in [0.5, 0.6) is 0 Å². The van der Waals surface area contributed by atoms with Crippen molar-refractivity contribution in [3.63, 3.8) is 0 Å². The molecule has 0 aliphatic heterocycles. The fraction of sp³-hybridized carbons (Fsp3) is 0.136. The molecular weight excluding hydrogens is 372 g/mol. The predicted octanol–water partition coefficient (Wildman–Crippen LogP) is 5.24. The van der Waals surface area contributed by atoms with Crippen LogP contribution in [0, 0.1) is 0 Å². The lowest BCUT2D eigenvalue weighted by Gasteiger charge is -2.06. The first kappa shape index (κ1) is 18.2. The predicted molar refractivity (Wildman–Crippen MR) is 112 cm³/mol. The Morgan fingerprint density at radius 3 is 2.68 bits per heavy atom. The van der Waals surface area contributed by atoms with Crippen LogP contribution in [-0.4, -0.2) is 20.9 Å². The molecule has 6 heteroatoms. The van der Waals surface area contributed by atoms with Crippen molar-refractivity contribution in [2.75, 3.05) is 5.32 Å². The molecular formula is C22H19ClN4O. The fourth-order valence-corrected chi connectivity index (χ4v) is 3.38. The summed E-state index contributed by atoms with van der Waals surface area (Å²) in [5, 5.41) is 4.51. The van der Waals surface area contributed by atoms with Crippen LogP contribution in [0.4, 0.5) is 5.82 Å². The Morgan fingerprint density at radius 2 is 1.89 bits per heavy atom. The minimum absolute atomic E-state index is 0.0611. The smallest absolute Gasteiger partial charge is 0.225 e. The van der Waals surface area contributed by atoms with Gasteiger partial charge in [0.1, 0.15) is 5.82 Å². The lowest BCUT2D eigenvalue weighted by atomic mass is 10.0. The zero-order chi connectivity index (χ0) is 19.3. The maximum absolute atomic E-state index is 12.2. The molecule has 0 bridgehead atoms. The van der Waals surface area contributed by atoms with Crippen LogP contribution in [0.1, 0.15) is 18.4 Å². The first-order valence-electron chi connectivity index (χ1n) is 9.13. The number of anilines is 1. The van der Waals surface area contributed by atoms with Gasteiger partial charge in [-0.05, 0) is 48.7 Å². The minimum atomic E-state index is -0.0611. The number of benzene rings is 1. The van der Waals surface area contributed by atoms with Crippen LogP contribution in [-0.2, 0) is 11.2 Å². The molecule has 0 atom stereocenters. The topological polar surface area (TPSA) is 70.7 Å². The number of nitrogens with one attached hydrogen (secondary N) is 2. The average molecular weight is 391 g/mol. The molecule has 0 unspecified atom stereocenters. The number of H-pyrrole nitrogens is 1. The van der Waals surface area contributed by atoms with Crippen LogP contribution >= 0.6 is 11.6 Å². The van der Waals surface area contributed by atoms with E-state index in [1.54, 1.807) is 18.3 Å². The first-order chi connectivity index (χ1) is 13.7. The maximum atomic E-state index is 12.2. The number of para-hydroxylation sites is 1. The number of hydrogen-bond donors (Lipinski definition) is 2. The van der Waals surface area contributed by atoms with E-state index < -0.39 is 0 Å². The molecule has 1 amide bonds. The molecule has 28 heavy (non-hydrogen) atoms. The number of rotatable bonds is 6. The molecule has 2 N–H and O–H groups in total. The second-order valence-electron chi connectivity index (χ2n) is 6.50. The monoisotopic (exact) mass is 390 g/mol. The highest BCUT2D eigenvalue weighted by atomic mass is 35.5. The van der Waals surface area contributed by atoms with Crippen LogP contribution in [0.25, 0.3) is 22.3 Å². The van der Waals surface area contributed by atoms with Crippen molar-refractivity contribution in [2.45, 2.75) is 19.3 Å². The molecule has 0 aliphatic carbocycles. The number of aryl methyl sites for hydroxylation is 1. The fourth-order valence-electron chi connectivity index (χ4n) is 3.27. The van der Waals surface area contributed by atoms with Crippen LogP contribution in [0.15, 0.2) is 67.0 Å². The molecule has 3 aromatic heterocycles. The van der Waals surface area contributed by atoms with Gasteiger partial charge < -0.3 is 10.3 Å². The highest BCUT2D eigenvalue weighted by molar-refractivity contribution is 6.30. The Hall–Kier alpha value is -3.18. The summed E-state index contributed by atoms with van der Waals surface area (Å²) < 4.78 is 0. The van der Waals surface area contributed by atoms with Crippen molar-refractivity contribution in [1.29, 1.82) is 0 Å². The molecule has 1 aromatic carbocycles. The third kappa shape index (κ3) is 4.05. The number of fused-ring (bicyclic) bond motifs is 1. The largest absolute Gasteiger partial charge is 0.353 e. The Morgan fingerprint density at radius 1 is 1.04 bits per heavy atom. The van der Waals surface area contributed by atoms with E-state index in [1.165, 1.54) is 17.1 Å². The molecule has 140 valence electrons. The Labute approximate surface area is 167 Å². The van der Waals surface area contributed by atoms with E-state index in [0.717, 1.165) is 29.7 Å². The number of carbonyl (C=O) groups is 1. The van der Waals surface area contributed by atoms with Crippen molar-refractivity contribution in [3.8, 4) is 11.4 Å². The summed E-state index contributed by atoms with van der Waals surface area (Å²) in [6.07, 6.45) is 5.21. The zero-order valence-corrected chi connectivity index (χ0v) is 15.9. The van der Waals surface area contributed by atoms with Crippen molar-refractivity contribution in [1.82, 2.24) is 15.0 Å². The van der Waals surface area contributed by atoms with E-state index in [2.05, 4.69) is 32.4 Å². The minimum Gasteiger partial charge on any atom is -0.353 e. The number of hydrogen-bond acceptors (Lipinski definition) is 3. The van der Waals surface area contributed by atoms with Crippen molar-refractivity contribution >= 4 is 34.2 Å². The summed E-state index contributed by atoms with van der Waals surface area (Å²) in [6.45, 7) is 0. The number of amides is 1. The van der Waals surface area contributed by atoms with Crippen LogP contribution in [0.3, 0.4) is 0 Å². The number of carbonyl (C=O) groups excluding carboxylic acids is 1. The number of pyridine rings is 2. The van der Waals surface area contributed by atoms with Crippen LogP contribution < -0.4 is 5.32 Å². The van der Waals surface area contributed by atoms with E-state index in [1.807, 2.05) is 30.3 Å². The molecule has 0 radical (unpaired) electrons. The summed E-state index contributed by atoms with van der Waals surface area (Å²) in [5.74, 6) is 0.449. The standard InChI is InChI=1S/C22H19ClN4O/c23-15-11-12-20(25-14-15)27-21(28)10-5-7-17-16-6-1-2-8-18(16)26-22(17)19-9-3-4-13-24-19/h1-4,6,8-9,11-14,26H,5,7,10H2,(H,25,27,28). The Bertz CT molecular complexity index is 1090. The number of aromatic nitrogens is 3. The van der Waals surface area contributed by atoms with Crippen molar-refractivity contribution in [2.24, 2.45) is 0 Å².